The molecule has 0 spiro atoms. The number of amides is 1. The van der Waals surface area contributed by atoms with Crippen LogP contribution in [-0.2, 0) is 4.79 Å². The minimum absolute atomic E-state index is 0.341. The van der Waals surface area contributed by atoms with Gasteiger partial charge >= 0.3 is 5.91 Å². The van der Waals surface area contributed by atoms with Crippen LogP contribution < -0.4 is 5.32 Å². The van der Waals surface area contributed by atoms with E-state index in [0.29, 0.717) is 0 Å². The average Bonchev–Trinajstić information content (AvgIpc) is 2.11. The number of hydrogen-bond donors (Lipinski definition) is 1. The molecule has 0 bridgehead atoms. The molecule has 0 fully saturated rings. The van der Waals surface area contributed by atoms with Gasteiger partial charge in [-0.1, -0.05) is 0 Å². The monoisotopic (exact) mass is 182 g/mol. The van der Waals surface area contributed by atoms with E-state index in [9.17, 15) is 13.6 Å². The lowest BCUT2D eigenvalue weighted by Crippen LogP contribution is -2.09. The molecular formula is C8H4F2N2O. The Morgan fingerprint density at radius 2 is 2.15 bits per heavy atom. The van der Waals surface area contributed by atoms with Crippen molar-refractivity contribution in [2.24, 2.45) is 0 Å². The molecule has 5 heteroatoms. The number of hydrogen-bond acceptors (Lipinski definition) is 2. The molecule has 0 aliphatic rings. The van der Waals surface area contributed by atoms with Crippen molar-refractivity contribution in [2.75, 3.05) is 5.32 Å². The Hall–Kier alpha value is -1.96. The van der Waals surface area contributed by atoms with Crippen LogP contribution in [0.4, 0.5) is 14.5 Å². The summed E-state index contributed by atoms with van der Waals surface area (Å²) in [6.07, 6.45) is 0. The Morgan fingerprint density at radius 1 is 1.46 bits per heavy atom. The van der Waals surface area contributed by atoms with Crippen LogP contribution in [0.1, 0.15) is 0 Å². The fourth-order valence-electron chi connectivity index (χ4n) is 0.744. The van der Waals surface area contributed by atoms with Crippen LogP contribution in [0.5, 0.6) is 0 Å². The summed E-state index contributed by atoms with van der Waals surface area (Å²) < 4.78 is 25.3. The Labute approximate surface area is 72.6 Å². The zero-order valence-electron chi connectivity index (χ0n) is 6.34. The number of rotatable bonds is 1. The van der Waals surface area contributed by atoms with E-state index in [0.717, 1.165) is 18.2 Å². The Bertz CT molecular complexity index is 384. The predicted molar refractivity (Wildman–Crippen MR) is 40.6 cm³/mol. The Balaban J connectivity index is 2.95. The van der Waals surface area contributed by atoms with Gasteiger partial charge in [0.25, 0.3) is 0 Å². The van der Waals surface area contributed by atoms with Gasteiger partial charge in [-0.25, -0.2) is 8.78 Å². The van der Waals surface area contributed by atoms with Crippen LogP contribution in [0.2, 0.25) is 0 Å². The zero-order valence-corrected chi connectivity index (χ0v) is 6.34. The number of benzene rings is 1. The summed E-state index contributed by atoms with van der Waals surface area (Å²) in [5.74, 6) is -2.51. The van der Waals surface area contributed by atoms with Crippen molar-refractivity contribution >= 4 is 11.6 Å². The lowest BCUT2D eigenvalue weighted by atomic mass is 10.3. The van der Waals surface area contributed by atoms with Gasteiger partial charge < -0.3 is 5.32 Å². The first-order valence-corrected chi connectivity index (χ1v) is 3.29. The molecule has 0 aliphatic heterocycles. The van der Waals surface area contributed by atoms with Crippen LogP contribution in [0.3, 0.4) is 0 Å². The van der Waals surface area contributed by atoms with E-state index in [1.165, 1.54) is 6.07 Å². The molecule has 0 aromatic heterocycles. The molecule has 1 N–H and O–H groups in total. The Morgan fingerprint density at radius 3 is 2.77 bits per heavy atom. The minimum atomic E-state index is -1.04. The number of nitrogens with zero attached hydrogens (tertiary/aromatic N) is 1. The largest absolute Gasteiger partial charge is 0.326 e. The van der Waals surface area contributed by atoms with Gasteiger partial charge in [0.2, 0.25) is 0 Å². The second kappa shape index (κ2) is 3.63. The van der Waals surface area contributed by atoms with Gasteiger partial charge in [0.15, 0.2) is 6.07 Å². The van der Waals surface area contributed by atoms with E-state index >= 15 is 0 Å². The molecule has 0 atom stereocenters. The smallest absolute Gasteiger partial charge is 0.311 e. The van der Waals surface area contributed by atoms with E-state index in [2.05, 4.69) is 0 Å². The molecular weight excluding hydrogens is 178 g/mol. The SMILES string of the molecule is N#CC(=O)Nc1cc(F)ccc1F. The van der Waals surface area contributed by atoms with E-state index < -0.39 is 17.5 Å². The van der Waals surface area contributed by atoms with Crippen LogP contribution in [0.15, 0.2) is 18.2 Å². The molecule has 0 aliphatic carbocycles. The van der Waals surface area contributed by atoms with Crippen LogP contribution in [0, 0.1) is 23.0 Å². The molecule has 1 rings (SSSR count). The third kappa shape index (κ3) is 2.24. The van der Waals surface area contributed by atoms with Gasteiger partial charge in [0.05, 0.1) is 5.69 Å². The predicted octanol–water partition coefficient (Wildman–Crippen LogP) is 1.43. The molecule has 0 heterocycles. The van der Waals surface area contributed by atoms with Crippen molar-refractivity contribution in [3.05, 3.63) is 29.8 Å². The van der Waals surface area contributed by atoms with Crippen molar-refractivity contribution in [2.45, 2.75) is 0 Å². The first kappa shape index (κ1) is 9.13. The highest BCUT2D eigenvalue weighted by Crippen LogP contribution is 2.14. The molecule has 0 saturated heterocycles. The summed E-state index contributed by atoms with van der Waals surface area (Å²) >= 11 is 0. The first-order chi connectivity index (χ1) is 6.13. The van der Waals surface area contributed by atoms with Gasteiger partial charge in [0, 0.05) is 6.07 Å². The minimum Gasteiger partial charge on any atom is -0.311 e. The van der Waals surface area contributed by atoms with Crippen molar-refractivity contribution in [3.63, 3.8) is 0 Å². The summed E-state index contributed by atoms with van der Waals surface area (Å²) in [6, 6.07) is 3.79. The highest BCUT2D eigenvalue weighted by atomic mass is 19.1. The summed E-state index contributed by atoms with van der Waals surface area (Å²) in [7, 11) is 0. The summed E-state index contributed by atoms with van der Waals surface area (Å²) in [5.41, 5.74) is -0.341. The molecule has 3 nitrogen and oxygen atoms in total. The van der Waals surface area contributed by atoms with Crippen LogP contribution in [0.25, 0.3) is 0 Å². The molecule has 66 valence electrons. The standard InChI is InChI=1S/C8H4F2N2O/c9-5-1-2-6(10)7(3-5)12-8(13)4-11/h1-3H,(H,12,13). The van der Waals surface area contributed by atoms with Crippen LogP contribution >= 0.6 is 0 Å². The fraction of sp³-hybridized carbons (Fsp3) is 0. The van der Waals surface area contributed by atoms with Gasteiger partial charge in [0.1, 0.15) is 11.6 Å². The molecule has 1 aromatic rings. The summed E-state index contributed by atoms with van der Waals surface area (Å²) in [6.45, 7) is 0. The summed E-state index contributed by atoms with van der Waals surface area (Å²) in [5, 5.41) is 9.96. The van der Waals surface area contributed by atoms with Crippen molar-refractivity contribution < 1.29 is 13.6 Å². The van der Waals surface area contributed by atoms with E-state index in [1.807, 2.05) is 5.32 Å². The Kier molecular flexibility index (Phi) is 2.55. The lowest BCUT2D eigenvalue weighted by Gasteiger charge is -2.01. The lowest BCUT2D eigenvalue weighted by molar-refractivity contribution is -0.111. The van der Waals surface area contributed by atoms with Gasteiger partial charge in [-0.3, -0.25) is 4.79 Å². The highest BCUT2D eigenvalue weighted by molar-refractivity contribution is 6.02. The second-order valence-corrected chi connectivity index (χ2v) is 2.19. The first-order valence-electron chi connectivity index (χ1n) is 3.29. The van der Waals surface area contributed by atoms with Crippen molar-refractivity contribution in [3.8, 4) is 6.07 Å². The van der Waals surface area contributed by atoms with E-state index in [-0.39, 0.29) is 5.69 Å². The number of halogens is 2. The maximum atomic E-state index is 12.8. The molecule has 13 heavy (non-hydrogen) atoms. The summed E-state index contributed by atoms with van der Waals surface area (Å²) in [4.78, 5) is 10.5. The number of nitriles is 1. The van der Waals surface area contributed by atoms with Crippen molar-refractivity contribution in [1.82, 2.24) is 0 Å². The molecule has 0 radical (unpaired) electrons. The molecule has 0 saturated carbocycles. The number of carbonyl (C=O) groups excluding carboxylic acids is 1. The third-order valence-electron chi connectivity index (χ3n) is 1.28. The van der Waals surface area contributed by atoms with Gasteiger partial charge in [-0.05, 0) is 12.1 Å². The normalized spacial score (nSPS) is 9.00. The molecule has 1 aromatic carbocycles. The number of anilines is 1. The van der Waals surface area contributed by atoms with E-state index in [1.54, 1.807) is 0 Å². The topological polar surface area (TPSA) is 52.9 Å². The van der Waals surface area contributed by atoms with Gasteiger partial charge in [-0.2, -0.15) is 5.26 Å². The second-order valence-electron chi connectivity index (χ2n) is 2.19. The third-order valence-corrected chi connectivity index (χ3v) is 1.28. The fourth-order valence-corrected chi connectivity index (χ4v) is 0.744. The molecule has 0 unspecified atom stereocenters. The van der Waals surface area contributed by atoms with Crippen molar-refractivity contribution in [1.29, 1.82) is 5.26 Å². The quantitative estimate of drug-likeness (QED) is 0.668. The van der Waals surface area contributed by atoms with Gasteiger partial charge in [-0.15, -0.1) is 0 Å². The zero-order chi connectivity index (χ0) is 9.84. The maximum Gasteiger partial charge on any atom is 0.326 e. The molecule has 1 amide bonds. The average molecular weight is 182 g/mol. The highest BCUT2D eigenvalue weighted by Gasteiger charge is 2.06. The number of carbonyl (C=O) groups is 1. The van der Waals surface area contributed by atoms with Crippen LogP contribution in [-0.4, -0.2) is 5.91 Å². The number of nitrogens with one attached hydrogen (secondary N) is 1. The maximum absolute atomic E-state index is 12.8. The van der Waals surface area contributed by atoms with E-state index in [4.69, 9.17) is 5.26 Å².